The third kappa shape index (κ3) is 3.90. The maximum atomic E-state index is 12.2. The van der Waals surface area contributed by atoms with Crippen LogP contribution in [0.25, 0.3) is 0 Å². The Morgan fingerprint density at radius 1 is 1.29 bits per heavy atom. The molecule has 0 fully saturated rings. The van der Waals surface area contributed by atoms with E-state index in [1.54, 1.807) is 12.3 Å². The summed E-state index contributed by atoms with van der Waals surface area (Å²) in [4.78, 5) is 12.2. The van der Waals surface area contributed by atoms with Gasteiger partial charge in [-0.05, 0) is 12.0 Å². The number of nitrogens with zero attached hydrogens (tertiary/aromatic N) is 3. The molecular formula is C18H20N4O2. The number of amides is 1. The summed E-state index contributed by atoms with van der Waals surface area (Å²) in [7, 11) is 0. The third-order valence-corrected chi connectivity index (χ3v) is 3.69. The van der Waals surface area contributed by atoms with Crippen LogP contribution in [-0.4, -0.2) is 20.8 Å². The van der Waals surface area contributed by atoms with Gasteiger partial charge in [0, 0.05) is 24.7 Å². The van der Waals surface area contributed by atoms with Gasteiger partial charge in [-0.1, -0.05) is 49.3 Å². The highest BCUT2D eigenvalue weighted by Crippen LogP contribution is 2.16. The zero-order valence-corrected chi connectivity index (χ0v) is 13.8. The minimum atomic E-state index is -0.298. The Morgan fingerprint density at radius 3 is 2.79 bits per heavy atom. The molecule has 0 aliphatic heterocycles. The molecular weight excluding hydrogens is 304 g/mol. The maximum Gasteiger partial charge on any atom is 0.277 e. The first-order valence-corrected chi connectivity index (χ1v) is 7.96. The minimum Gasteiger partial charge on any atom is -0.360 e. The number of anilines is 1. The first kappa shape index (κ1) is 16.0. The fourth-order valence-corrected chi connectivity index (χ4v) is 2.30. The molecule has 6 nitrogen and oxygen atoms in total. The number of hydrogen-bond donors (Lipinski definition) is 1. The molecule has 1 N–H and O–H groups in total. The van der Waals surface area contributed by atoms with Crippen LogP contribution in [0, 0.1) is 0 Å². The van der Waals surface area contributed by atoms with Gasteiger partial charge in [0.2, 0.25) is 0 Å². The average Bonchev–Trinajstić information content (AvgIpc) is 3.23. The van der Waals surface area contributed by atoms with Crippen molar-refractivity contribution in [2.45, 2.75) is 32.7 Å². The van der Waals surface area contributed by atoms with Gasteiger partial charge in [-0.15, -0.1) is 0 Å². The van der Waals surface area contributed by atoms with Crippen LogP contribution in [-0.2, 0) is 13.0 Å². The number of carbonyl (C=O) groups is 1. The van der Waals surface area contributed by atoms with E-state index in [1.807, 2.05) is 42.9 Å². The Bertz CT molecular complexity index is 805. The Morgan fingerprint density at radius 2 is 2.08 bits per heavy atom. The van der Waals surface area contributed by atoms with E-state index in [1.165, 1.54) is 5.56 Å². The number of rotatable bonds is 6. The predicted molar refractivity (Wildman–Crippen MR) is 90.9 cm³/mol. The lowest BCUT2D eigenvalue weighted by molar-refractivity contribution is 0.101. The van der Waals surface area contributed by atoms with E-state index < -0.39 is 0 Å². The fraction of sp³-hybridized carbons (Fsp3) is 0.278. The number of hydrogen-bond acceptors (Lipinski definition) is 4. The molecule has 2 aromatic heterocycles. The molecule has 2 heterocycles. The highest BCUT2D eigenvalue weighted by Gasteiger charge is 2.15. The van der Waals surface area contributed by atoms with Gasteiger partial charge in [0.25, 0.3) is 5.91 Å². The molecule has 3 aromatic rings. The summed E-state index contributed by atoms with van der Waals surface area (Å²) in [5.74, 6) is 0.590. The average molecular weight is 324 g/mol. The molecule has 1 aromatic carbocycles. The maximum absolute atomic E-state index is 12.2. The quantitative estimate of drug-likeness (QED) is 0.753. The van der Waals surface area contributed by atoms with E-state index in [0.29, 0.717) is 11.4 Å². The number of carbonyl (C=O) groups excluding carboxylic acids is 1. The van der Waals surface area contributed by atoms with Gasteiger partial charge in [-0.25, -0.2) is 0 Å². The lowest BCUT2D eigenvalue weighted by Gasteiger charge is -2.01. The summed E-state index contributed by atoms with van der Waals surface area (Å²) in [6.45, 7) is 4.72. The topological polar surface area (TPSA) is 73.0 Å². The largest absolute Gasteiger partial charge is 0.360 e. The summed E-state index contributed by atoms with van der Waals surface area (Å²) in [6.07, 6.45) is 4.33. The fourth-order valence-electron chi connectivity index (χ4n) is 2.30. The second kappa shape index (κ2) is 7.12. The van der Waals surface area contributed by atoms with Gasteiger partial charge in [0.05, 0.1) is 11.9 Å². The molecule has 0 atom stereocenters. The van der Waals surface area contributed by atoms with Crippen LogP contribution in [0.1, 0.15) is 41.6 Å². The van der Waals surface area contributed by atoms with Crippen molar-refractivity contribution in [3.05, 3.63) is 65.8 Å². The van der Waals surface area contributed by atoms with Crippen LogP contribution in [0.2, 0.25) is 0 Å². The van der Waals surface area contributed by atoms with Gasteiger partial charge in [-0.2, -0.15) is 5.10 Å². The van der Waals surface area contributed by atoms with Crippen molar-refractivity contribution in [1.29, 1.82) is 0 Å². The van der Waals surface area contributed by atoms with Gasteiger partial charge >= 0.3 is 0 Å². The van der Waals surface area contributed by atoms with Crippen molar-refractivity contribution in [3.63, 3.8) is 0 Å². The second-order valence-corrected chi connectivity index (χ2v) is 5.95. The van der Waals surface area contributed by atoms with Gasteiger partial charge in [-0.3, -0.25) is 9.48 Å². The molecule has 0 aliphatic rings. The Kier molecular flexibility index (Phi) is 4.74. The Balaban J connectivity index is 1.58. The van der Waals surface area contributed by atoms with Crippen LogP contribution in [0.15, 0.2) is 53.3 Å². The van der Waals surface area contributed by atoms with E-state index in [9.17, 15) is 4.79 Å². The number of benzene rings is 1. The monoisotopic (exact) mass is 324 g/mol. The van der Waals surface area contributed by atoms with E-state index in [2.05, 4.69) is 27.7 Å². The van der Waals surface area contributed by atoms with Gasteiger partial charge in [0.15, 0.2) is 5.69 Å². The molecule has 0 unspecified atom stereocenters. The Labute approximate surface area is 140 Å². The van der Waals surface area contributed by atoms with Crippen molar-refractivity contribution in [2.75, 3.05) is 5.32 Å². The molecule has 0 saturated carbocycles. The number of nitrogens with one attached hydrogen (secondary N) is 1. The van der Waals surface area contributed by atoms with Crippen molar-refractivity contribution in [2.24, 2.45) is 0 Å². The van der Waals surface area contributed by atoms with Crippen LogP contribution >= 0.6 is 0 Å². The van der Waals surface area contributed by atoms with Crippen molar-refractivity contribution in [1.82, 2.24) is 14.9 Å². The van der Waals surface area contributed by atoms with Gasteiger partial charge < -0.3 is 9.84 Å². The number of aryl methyl sites for hydroxylation is 2. The molecule has 6 heteroatoms. The molecule has 0 spiro atoms. The molecule has 24 heavy (non-hydrogen) atoms. The van der Waals surface area contributed by atoms with Crippen LogP contribution in [0.3, 0.4) is 0 Å². The number of aromatic nitrogens is 3. The molecule has 124 valence electrons. The van der Waals surface area contributed by atoms with E-state index in [-0.39, 0.29) is 17.5 Å². The minimum absolute atomic E-state index is 0.194. The first-order valence-electron chi connectivity index (χ1n) is 7.96. The highest BCUT2D eigenvalue weighted by atomic mass is 16.5. The lowest BCUT2D eigenvalue weighted by atomic mass is 10.1. The predicted octanol–water partition coefficient (Wildman–Crippen LogP) is 3.49. The lowest BCUT2D eigenvalue weighted by Crippen LogP contribution is -2.11. The zero-order valence-electron chi connectivity index (χ0n) is 13.8. The molecule has 0 aliphatic carbocycles. The van der Waals surface area contributed by atoms with Crippen LogP contribution < -0.4 is 5.32 Å². The summed E-state index contributed by atoms with van der Waals surface area (Å²) in [6, 6.07) is 11.9. The molecule has 0 radical (unpaired) electrons. The van der Waals surface area contributed by atoms with E-state index in [4.69, 9.17) is 4.52 Å². The normalized spacial score (nSPS) is 11.0. The standard InChI is InChI=1S/C18H20N4O2/c1-13(2)17-10-16(21-24-17)18(23)20-15-11-19-22(12-15)9-8-14-6-4-3-5-7-14/h3-7,10-13H,8-9H2,1-2H3,(H,20,23). The van der Waals surface area contributed by atoms with Gasteiger partial charge in [0.1, 0.15) is 5.76 Å². The van der Waals surface area contributed by atoms with Crippen molar-refractivity contribution in [3.8, 4) is 0 Å². The summed E-state index contributed by atoms with van der Waals surface area (Å²) < 4.78 is 6.96. The highest BCUT2D eigenvalue weighted by molar-refractivity contribution is 6.02. The molecule has 0 saturated heterocycles. The molecule has 0 bridgehead atoms. The zero-order chi connectivity index (χ0) is 16.9. The molecule has 3 rings (SSSR count). The summed E-state index contributed by atoms with van der Waals surface area (Å²) in [5, 5.41) is 10.9. The van der Waals surface area contributed by atoms with Crippen molar-refractivity contribution < 1.29 is 9.32 Å². The summed E-state index contributed by atoms with van der Waals surface area (Å²) >= 11 is 0. The first-order chi connectivity index (χ1) is 11.6. The van der Waals surface area contributed by atoms with Crippen molar-refractivity contribution >= 4 is 11.6 Å². The van der Waals surface area contributed by atoms with Crippen LogP contribution in [0.4, 0.5) is 5.69 Å². The smallest absolute Gasteiger partial charge is 0.277 e. The second-order valence-electron chi connectivity index (χ2n) is 5.95. The SMILES string of the molecule is CC(C)c1cc(C(=O)Nc2cnn(CCc3ccccc3)c2)no1. The van der Waals surface area contributed by atoms with Crippen LogP contribution in [0.5, 0.6) is 0 Å². The Hall–Kier alpha value is -2.89. The molecule has 1 amide bonds. The summed E-state index contributed by atoms with van der Waals surface area (Å²) in [5.41, 5.74) is 2.17. The third-order valence-electron chi connectivity index (χ3n) is 3.69. The van der Waals surface area contributed by atoms with E-state index in [0.717, 1.165) is 13.0 Å². The van der Waals surface area contributed by atoms with E-state index >= 15 is 0 Å².